The van der Waals surface area contributed by atoms with E-state index in [1.807, 2.05) is 56.3 Å². The van der Waals surface area contributed by atoms with Crippen LogP contribution in [0.5, 0.6) is 0 Å². The minimum absolute atomic E-state index is 0.0251. The summed E-state index contributed by atoms with van der Waals surface area (Å²) in [6, 6.07) is 15.4. The third-order valence-electron chi connectivity index (χ3n) is 6.35. The summed E-state index contributed by atoms with van der Waals surface area (Å²) in [5, 5.41) is 0. The second kappa shape index (κ2) is 11.6. The number of benzene rings is 2. The molecule has 0 aliphatic carbocycles. The molecule has 34 heavy (non-hydrogen) atoms. The van der Waals surface area contributed by atoms with Crippen LogP contribution in [0.3, 0.4) is 0 Å². The van der Waals surface area contributed by atoms with Crippen LogP contribution in [0.15, 0.2) is 53.4 Å². The number of hydrogen-bond donors (Lipinski definition) is 0. The van der Waals surface area contributed by atoms with Gasteiger partial charge >= 0.3 is 0 Å². The molecule has 0 radical (unpaired) electrons. The summed E-state index contributed by atoms with van der Waals surface area (Å²) in [7, 11) is -3.60. The molecule has 2 aromatic rings. The molecule has 2 amide bonds. The summed E-state index contributed by atoms with van der Waals surface area (Å²) in [6.07, 6.45) is 1.10. The summed E-state index contributed by atoms with van der Waals surface area (Å²) >= 11 is 0. The molecule has 8 heteroatoms. The largest absolute Gasteiger partial charge is 0.343 e. The average Bonchev–Trinajstić information content (AvgIpc) is 2.85. The van der Waals surface area contributed by atoms with Gasteiger partial charge in [-0.1, -0.05) is 42.5 Å². The zero-order valence-electron chi connectivity index (χ0n) is 20.4. The van der Waals surface area contributed by atoms with Crippen LogP contribution in [0.4, 0.5) is 0 Å². The predicted octanol–water partition coefficient (Wildman–Crippen LogP) is 3.01. The maximum Gasteiger partial charge on any atom is 0.243 e. The standard InChI is InChI=1S/C26H35N3O4S/c1-4-27(15-14-23-8-6-5-7-9-23)25(30)12-13-26(31)28-16-18-29(19-17-28)34(32,33)24-20-21(2)10-11-22(24)3/h5-11,20H,4,12-19H2,1-3H3. The molecule has 0 spiro atoms. The van der Waals surface area contributed by atoms with Gasteiger partial charge in [0.05, 0.1) is 4.90 Å². The Morgan fingerprint density at radius 3 is 2.26 bits per heavy atom. The molecule has 0 atom stereocenters. The van der Waals surface area contributed by atoms with Crippen molar-refractivity contribution in [3.05, 3.63) is 65.2 Å². The Morgan fingerprint density at radius 1 is 0.941 bits per heavy atom. The lowest BCUT2D eigenvalue weighted by Gasteiger charge is -2.34. The summed E-state index contributed by atoms with van der Waals surface area (Å²) < 4.78 is 27.6. The van der Waals surface area contributed by atoms with Crippen LogP contribution in [-0.4, -0.2) is 73.6 Å². The van der Waals surface area contributed by atoms with Crippen molar-refractivity contribution >= 4 is 21.8 Å². The van der Waals surface area contributed by atoms with Crippen molar-refractivity contribution in [1.82, 2.24) is 14.1 Å². The highest BCUT2D eigenvalue weighted by molar-refractivity contribution is 7.89. The van der Waals surface area contributed by atoms with E-state index in [9.17, 15) is 18.0 Å². The van der Waals surface area contributed by atoms with Gasteiger partial charge in [-0.3, -0.25) is 9.59 Å². The summed E-state index contributed by atoms with van der Waals surface area (Å²) in [4.78, 5) is 29.1. The molecule has 1 fully saturated rings. The third kappa shape index (κ3) is 6.45. The van der Waals surface area contributed by atoms with Crippen LogP contribution < -0.4 is 0 Å². The van der Waals surface area contributed by atoms with Crippen LogP contribution >= 0.6 is 0 Å². The van der Waals surface area contributed by atoms with Crippen molar-refractivity contribution < 1.29 is 18.0 Å². The molecule has 7 nitrogen and oxygen atoms in total. The maximum atomic E-state index is 13.1. The number of carbonyl (C=O) groups is 2. The number of aryl methyl sites for hydroxylation is 2. The molecule has 0 bridgehead atoms. The van der Waals surface area contributed by atoms with Gasteiger partial charge in [-0.05, 0) is 49.9 Å². The number of piperazine rings is 1. The molecular formula is C26H35N3O4S. The lowest BCUT2D eigenvalue weighted by molar-refractivity contribution is -0.137. The van der Waals surface area contributed by atoms with E-state index in [0.717, 1.165) is 17.5 Å². The van der Waals surface area contributed by atoms with Gasteiger partial charge in [-0.25, -0.2) is 8.42 Å². The molecule has 2 aromatic carbocycles. The zero-order chi connectivity index (χ0) is 24.7. The molecule has 3 rings (SSSR count). The average molecular weight is 486 g/mol. The van der Waals surface area contributed by atoms with Crippen molar-refractivity contribution in [3.8, 4) is 0 Å². The Hall–Kier alpha value is -2.71. The number of amides is 2. The summed E-state index contributed by atoms with van der Waals surface area (Å²) in [5.41, 5.74) is 2.79. The highest BCUT2D eigenvalue weighted by atomic mass is 32.2. The van der Waals surface area contributed by atoms with E-state index in [-0.39, 0.29) is 37.7 Å². The maximum absolute atomic E-state index is 13.1. The van der Waals surface area contributed by atoms with Crippen molar-refractivity contribution in [3.63, 3.8) is 0 Å². The van der Waals surface area contributed by atoms with Gasteiger partial charge in [-0.2, -0.15) is 4.31 Å². The Bertz CT molecular complexity index is 1090. The fraction of sp³-hybridized carbons (Fsp3) is 0.462. The van der Waals surface area contributed by atoms with Gasteiger partial charge in [0.25, 0.3) is 0 Å². The second-order valence-corrected chi connectivity index (χ2v) is 10.7. The number of nitrogens with zero attached hydrogens (tertiary/aromatic N) is 3. The van der Waals surface area contributed by atoms with E-state index in [1.54, 1.807) is 22.8 Å². The normalized spacial score (nSPS) is 14.7. The van der Waals surface area contributed by atoms with Gasteiger partial charge in [0.2, 0.25) is 21.8 Å². The lowest BCUT2D eigenvalue weighted by Crippen LogP contribution is -2.50. The minimum atomic E-state index is -3.60. The number of hydrogen-bond acceptors (Lipinski definition) is 4. The van der Waals surface area contributed by atoms with Gasteiger partial charge in [0.1, 0.15) is 0 Å². The first kappa shape index (κ1) is 25.9. The molecule has 1 saturated heterocycles. The second-order valence-electron chi connectivity index (χ2n) is 8.76. The Morgan fingerprint density at radius 2 is 1.62 bits per heavy atom. The Labute approximate surface area is 203 Å². The van der Waals surface area contributed by atoms with Gasteiger partial charge < -0.3 is 9.80 Å². The third-order valence-corrected chi connectivity index (χ3v) is 8.39. The molecular weight excluding hydrogens is 450 g/mol. The molecule has 0 unspecified atom stereocenters. The number of sulfonamides is 1. The highest BCUT2D eigenvalue weighted by Gasteiger charge is 2.31. The first-order valence-electron chi connectivity index (χ1n) is 11.9. The highest BCUT2D eigenvalue weighted by Crippen LogP contribution is 2.22. The van der Waals surface area contributed by atoms with Crippen LogP contribution in [-0.2, 0) is 26.0 Å². The van der Waals surface area contributed by atoms with E-state index in [2.05, 4.69) is 0 Å². The van der Waals surface area contributed by atoms with Gasteiger partial charge in [-0.15, -0.1) is 0 Å². The first-order chi connectivity index (χ1) is 16.2. The first-order valence-corrected chi connectivity index (χ1v) is 13.3. The van der Waals surface area contributed by atoms with E-state index in [4.69, 9.17) is 0 Å². The zero-order valence-corrected chi connectivity index (χ0v) is 21.2. The molecule has 1 aliphatic rings. The van der Waals surface area contributed by atoms with Crippen LogP contribution in [0.2, 0.25) is 0 Å². The van der Waals surface area contributed by atoms with Crippen molar-refractivity contribution in [2.45, 2.75) is 44.9 Å². The van der Waals surface area contributed by atoms with E-state index in [0.29, 0.717) is 31.1 Å². The number of likely N-dealkylation sites (N-methyl/N-ethyl adjacent to an activating group) is 1. The number of carbonyl (C=O) groups excluding carboxylic acids is 2. The molecule has 1 aliphatic heterocycles. The number of rotatable bonds is 9. The molecule has 0 N–H and O–H groups in total. The predicted molar refractivity (Wildman–Crippen MR) is 133 cm³/mol. The molecule has 184 valence electrons. The van der Waals surface area contributed by atoms with Crippen LogP contribution in [0.25, 0.3) is 0 Å². The van der Waals surface area contributed by atoms with Crippen molar-refractivity contribution in [2.75, 3.05) is 39.3 Å². The van der Waals surface area contributed by atoms with Crippen molar-refractivity contribution in [2.24, 2.45) is 0 Å². The topological polar surface area (TPSA) is 78.0 Å². The van der Waals surface area contributed by atoms with E-state index < -0.39 is 10.0 Å². The Kier molecular flexibility index (Phi) is 8.85. The van der Waals surface area contributed by atoms with E-state index >= 15 is 0 Å². The lowest BCUT2D eigenvalue weighted by atomic mass is 10.1. The quantitative estimate of drug-likeness (QED) is 0.547. The van der Waals surface area contributed by atoms with Crippen LogP contribution in [0.1, 0.15) is 36.5 Å². The fourth-order valence-electron chi connectivity index (χ4n) is 4.20. The Balaban J connectivity index is 1.48. The van der Waals surface area contributed by atoms with Crippen molar-refractivity contribution in [1.29, 1.82) is 0 Å². The summed E-state index contributed by atoms with van der Waals surface area (Å²) in [6.45, 7) is 8.03. The summed E-state index contributed by atoms with van der Waals surface area (Å²) in [5.74, 6) is -0.126. The SMILES string of the molecule is CCN(CCc1ccccc1)C(=O)CCC(=O)N1CCN(S(=O)(=O)c2cc(C)ccc2C)CC1. The smallest absolute Gasteiger partial charge is 0.243 e. The monoisotopic (exact) mass is 485 g/mol. The van der Waals surface area contributed by atoms with Gasteiger partial charge in [0.15, 0.2) is 0 Å². The minimum Gasteiger partial charge on any atom is -0.343 e. The van der Waals surface area contributed by atoms with E-state index in [1.165, 1.54) is 9.87 Å². The fourth-order valence-corrected chi connectivity index (χ4v) is 5.93. The molecule has 1 heterocycles. The van der Waals surface area contributed by atoms with Crippen LogP contribution in [0, 0.1) is 13.8 Å². The van der Waals surface area contributed by atoms with Gasteiger partial charge in [0, 0.05) is 52.1 Å². The molecule has 0 saturated carbocycles. The molecule has 0 aromatic heterocycles.